The summed E-state index contributed by atoms with van der Waals surface area (Å²) in [5, 5.41) is 4.99. The summed E-state index contributed by atoms with van der Waals surface area (Å²) in [6.45, 7) is 4.59. The molecule has 19 heavy (non-hydrogen) atoms. The summed E-state index contributed by atoms with van der Waals surface area (Å²) >= 11 is 0. The van der Waals surface area contributed by atoms with Crippen LogP contribution in [0.3, 0.4) is 0 Å². The topological polar surface area (TPSA) is 105 Å². The summed E-state index contributed by atoms with van der Waals surface area (Å²) < 4.78 is 27.3. The molecule has 0 fully saturated rings. The van der Waals surface area contributed by atoms with E-state index in [0.29, 0.717) is 13.2 Å². The van der Waals surface area contributed by atoms with E-state index in [1.54, 1.807) is 12.0 Å². The van der Waals surface area contributed by atoms with Crippen molar-refractivity contribution in [1.29, 1.82) is 0 Å². The second kappa shape index (κ2) is 6.18. The van der Waals surface area contributed by atoms with Gasteiger partial charge < -0.3 is 14.6 Å². The number of hydrogen-bond donors (Lipinski definition) is 2. The van der Waals surface area contributed by atoms with Gasteiger partial charge in [-0.3, -0.25) is 4.79 Å². The van der Waals surface area contributed by atoms with E-state index in [9.17, 15) is 13.2 Å². The number of likely N-dealkylation sites (N-methyl/N-ethyl adjacent to an activating group) is 1. The molecule has 1 aromatic rings. The van der Waals surface area contributed by atoms with Crippen molar-refractivity contribution >= 4 is 15.9 Å². The smallest absolute Gasteiger partial charge is 0.270 e. The number of methoxy groups -OCH3 is 1. The summed E-state index contributed by atoms with van der Waals surface area (Å²) in [5.41, 5.74) is 0.189. The number of aromatic nitrogens is 1. The first-order valence-electron chi connectivity index (χ1n) is 5.82. The molecule has 1 aromatic heterocycles. The van der Waals surface area contributed by atoms with Gasteiger partial charge >= 0.3 is 0 Å². The van der Waals surface area contributed by atoms with E-state index in [1.807, 2.05) is 13.8 Å². The van der Waals surface area contributed by atoms with Crippen molar-refractivity contribution in [3.63, 3.8) is 0 Å². The maximum Gasteiger partial charge on any atom is 0.270 e. The van der Waals surface area contributed by atoms with Crippen molar-refractivity contribution in [3.05, 3.63) is 18.0 Å². The molecular weight excluding hydrogens is 270 g/mol. The predicted molar refractivity (Wildman–Crippen MR) is 70.2 cm³/mol. The maximum absolute atomic E-state index is 12.2. The van der Waals surface area contributed by atoms with Crippen molar-refractivity contribution in [2.75, 3.05) is 20.3 Å². The molecule has 0 aromatic carbocycles. The van der Waals surface area contributed by atoms with Gasteiger partial charge in [-0.05, 0) is 19.9 Å². The van der Waals surface area contributed by atoms with E-state index >= 15 is 0 Å². The molecular formula is C11H19N3O4S. The van der Waals surface area contributed by atoms with Gasteiger partial charge in [-0.1, -0.05) is 0 Å². The van der Waals surface area contributed by atoms with E-state index in [4.69, 9.17) is 9.88 Å². The number of sulfonamides is 1. The quantitative estimate of drug-likeness (QED) is 0.778. The highest BCUT2D eigenvalue weighted by Crippen LogP contribution is 2.12. The van der Waals surface area contributed by atoms with Crippen LogP contribution in [-0.4, -0.2) is 50.5 Å². The third-order valence-electron chi connectivity index (χ3n) is 2.76. The highest BCUT2D eigenvalue weighted by atomic mass is 32.2. The monoisotopic (exact) mass is 289 g/mol. The minimum absolute atomic E-state index is 0.105. The highest BCUT2D eigenvalue weighted by Gasteiger charge is 2.22. The number of H-pyrrole nitrogens is 1. The SMILES string of the molecule is CCN(C(=O)c1cc(S(N)(=O)=O)c[nH]1)C(C)COC. The Labute approximate surface area is 112 Å². The molecule has 0 bridgehead atoms. The van der Waals surface area contributed by atoms with E-state index in [2.05, 4.69) is 4.98 Å². The van der Waals surface area contributed by atoms with Crippen LogP contribution >= 0.6 is 0 Å². The fourth-order valence-corrected chi connectivity index (χ4v) is 2.31. The summed E-state index contributed by atoms with van der Waals surface area (Å²) in [6.07, 6.45) is 1.21. The molecule has 8 heteroatoms. The molecule has 0 radical (unpaired) electrons. The van der Waals surface area contributed by atoms with Gasteiger partial charge in [0.05, 0.1) is 17.5 Å². The summed E-state index contributed by atoms with van der Waals surface area (Å²) in [6, 6.07) is 1.13. The molecule has 7 nitrogen and oxygen atoms in total. The number of aromatic amines is 1. The first kappa shape index (κ1) is 15.7. The molecule has 0 spiro atoms. The van der Waals surface area contributed by atoms with Gasteiger partial charge in [0.2, 0.25) is 10.0 Å². The number of hydrogen-bond acceptors (Lipinski definition) is 4. The first-order chi connectivity index (χ1) is 8.81. The number of carbonyl (C=O) groups is 1. The second-order valence-corrected chi connectivity index (χ2v) is 5.75. The lowest BCUT2D eigenvalue weighted by molar-refractivity contribution is 0.0574. The van der Waals surface area contributed by atoms with Crippen LogP contribution in [0.5, 0.6) is 0 Å². The average Bonchev–Trinajstić information content (AvgIpc) is 2.78. The van der Waals surface area contributed by atoms with Crippen LogP contribution < -0.4 is 5.14 Å². The Balaban J connectivity index is 2.95. The van der Waals surface area contributed by atoms with E-state index in [0.717, 1.165) is 0 Å². The van der Waals surface area contributed by atoms with Gasteiger partial charge in [0.1, 0.15) is 5.69 Å². The summed E-state index contributed by atoms with van der Waals surface area (Å²) in [4.78, 5) is 16.3. The number of rotatable bonds is 6. The third kappa shape index (κ3) is 3.79. The lowest BCUT2D eigenvalue weighted by Crippen LogP contribution is -2.41. The maximum atomic E-state index is 12.2. The lowest BCUT2D eigenvalue weighted by Gasteiger charge is -2.27. The molecule has 0 aliphatic carbocycles. The molecule has 108 valence electrons. The van der Waals surface area contributed by atoms with Gasteiger partial charge in [-0.2, -0.15) is 0 Å². The van der Waals surface area contributed by atoms with Crippen LogP contribution in [0.2, 0.25) is 0 Å². The minimum atomic E-state index is -3.81. The van der Waals surface area contributed by atoms with E-state index in [-0.39, 0.29) is 22.5 Å². The molecule has 0 aliphatic rings. The molecule has 0 saturated heterocycles. The second-order valence-electron chi connectivity index (χ2n) is 4.19. The Morgan fingerprint density at radius 2 is 2.21 bits per heavy atom. The van der Waals surface area contributed by atoms with Gasteiger partial charge in [0.15, 0.2) is 0 Å². The molecule has 3 N–H and O–H groups in total. The van der Waals surface area contributed by atoms with Crippen molar-refractivity contribution in [3.8, 4) is 0 Å². The Morgan fingerprint density at radius 1 is 1.58 bits per heavy atom. The van der Waals surface area contributed by atoms with Gasteiger partial charge in [-0.15, -0.1) is 0 Å². The molecule has 1 heterocycles. The predicted octanol–water partition coefficient (Wildman–Crippen LogP) is 0.159. The zero-order valence-electron chi connectivity index (χ0n) is 11.2. The van der Waals surface area contributed by atoms with E-state index < -0.39 is 10.0 Å². The summed E-state index contributed by atoms with van der Waals surface area (Å²) in [7, 11) is -2.25. The molecule has 1 rings (SSSR count). The number of amides is 1. The van der Waals surface area contributed by atoms with Crippen molar-refractivity contribution in [2.45, 2.75) is 24.8 Å². The van der Waals surface area contributed by atoms with Crippen LogP contribution in [0.25, 0.3) is 0 Å². The number of carbonyl (C=O) groups excluding carboxylic acids is 1. The van der Waals surface area contributed by atoms with Crippen LogP contribution in [-0.2, 0) is 14.8 Å². The number of ether oxygens (including phenoxy) is 1. The standard InChI is InChI=1S/C11H19N3O4S/c1-4-14(8(2)7-18-3)11(15)10-5-9(6-13-10)19(12,16)17/h5-6,8,13H,4,7H2,1-3H3,(H2,12,16,17). The Bertz CT molecular complexity index is 538. The minimum Gasteiger partial charge on any atom is -0.383 e. The molecule has 1 unspecified atom stereocenters. The molecule has 1 amide bonds. The van der Waals surface area contributed by atoms with Crippen molar-refractivity contribution in [1.82, 2.24) is 9.88 Å². The van der Waals surface area contributed by atoms with Crippen LogP contribution in [0.1, 0.15) is 24.3 Å². The fraction of sp³-hybridized carbons (Fsp3) is 0.545. The van der Waals surface area contributed by atoms with Crippen molar-refractivity contribution < 1.29 is 17.9 Å². The fourth-order valence-electron chi connectivity index (χ4n) is 1.80. The average molecular weight is 289 g/mol. The van der Waals surface area contributed by atoms with Gasteiger partial charge in [0.25, 0.3) is 5.91 Å². The largest absolute Gasteiger partial charge is 0.383 e. The number of nitrogens with one attached hydrogen (secondary N) is 1. The van der Waals surface area contributed by atoms with Gasteiger partial charge in [-0.25, -0.2) is 13.6 Å². The zero-order valence-corrected chi connectivity index (χ0v) is 12.0. The number of nitrogens with zero attached hydrogens (tertiary/aromatic N) is 1. The number of primary sulfonamides is 1. The van der Waals surface area contributed by atoms with Crippen LogP contribution in [0, 0.1) is 0 Å². The normalized spacial score (nSPS) is 13.3. The van der Waals surface area contributed by atoms with Crippen molar-refractivity contribution in [2.24, 2.45) is 5.14 Å². The Morgan fingerprint density at radius 3 is 2.63 bits per heavy atom. The van der Waals surface area contributed by atoms with Gasteiger partial charge in [0, 0.05) is 19.9 Å². The van der Waals surface area contributed by atoms with Crippen LogP contribution in [0.4, 0.5) is 0 Å². The molecule has 0 saturated carbocycles. The Hall–Kier alpha value is -1.38. The highest BCUT2D eigenvalue weighted by molar-refractivity contribution is 7.89. The molecule has 0 aliphatic heterocycles. The zero-order chi connectivity index (χ0) is 14.6. The summed E-state index contributed by atoms with van der Waals surface area (Å²) in [5.74, 6) is -0.290. The van der Waals surface area contributed by atoms with E-state index in [1.165, 1.54) is 12.3 Å². The third-order valence-corrected chi connectivity index (χ3v) is 3.65. The first-order valence-corrected chi connectivity index (χ1v) is 7.37. The number of nitrogens with two attached hydrogens (primary N) is 1. The molecule has 1 atom stereocenters. The Kier molecular flexibility index (Phi) is 5.10. The lowest BCUT2D eigenvalue weighted by atomic mass is 10.2. The van der Waals surface area contributed by atoms with Crippen LogP contribution in [0.15, 0.2) is 17.2 Å².